The summed E-state index contributed by atoms with van der Waals surface area (Å²) < 4.78 is 5.59. The normalized spacial score (nSPS) is 22.6. The molecule has 9 heteroatoms. The highest BCUT2D eigenvalue weighted by Crippen LogP contribution is 2.32. The van der Waals surface area contributed by atoms with Gasteiger partial charge in [0.25, 0.3) is 11.8 Å². The maximum absolute atomic E-state index is 13.0. The highest BCUT2D eigenvalue weighted by Gasteiger charge is 2.52. The van der Waals surface area contributed by atoms with Gasteiger partial charge in [0.15, 0.2) is 6.10 Å². The van der Waals surface area contributed by atoms with Crippen molar-refractivity contribution < 1.29 is 23.9 Å². The molecule has 2 aliphatic rings. The minimum absolute atomic E-state index is 0.304. The molecule has 1 saturated heterocycles. The van der Waals surface area contributed by atoms with E-state index in [1.54, 1.807) is 61.5 Å². The molecule has 30 heavy (non-hydrogen) atoms. The number of hydrazine groups is 1. The van der Waals surface area contributed by atoms with Gasteiger partial charge in [-0.1, -0.05) is 49.4 Å². The maximum Gasteiger partial charge on any atom is 0.344 e. The van der Waals surface area contributed by atoms with E-state index in [0.717, 1.165) is 0 Å². The van der Waals surface area contributed by atoms with E-state index in [2.05, 4.69) is 16.1 Å². The lowest BCUT2D eigenvalue weighted by Crippen LogP contribution is -2.50. The number of nitrogens with zero attached hydrogens (tertiary/aromatic N) is 1. The number of amides is 5. The van der Waals surface area contributed by atoms with Crippen LogP contribution >= 0.6 is 0 Å². The van der Waals surface area contributed by atoms with Crippen molar-refractivity contribution in [3.63, 3.8) is 0 Å². The van der Waals surface area contributed by atoms with Crippen LogP contribution in [0.15, 0.2) is 54.6 Å². The topological polar surface area (TPSA) is 117 Å². The van der Waals surface area contributed by atoms with Gasteiger partial charge in [-0.15, -0.1) is 0 Å². The lowest BCUT2D eigenvalue weighted by Gasteiger charge is -2.26. The van der Waals surface area contributed by atoms with Crippen LogP contribution in [-0.4, -0.2) is 34.9 Å². The van der Waals surface area contributed by atoms with E-state index in [9.17, 15) is 19.2 Å². The van der Waals surface area contributed by atoms with Gasteiger partial charge >= 0.3 is 6.03 Å². The molecule has 0 aliphatic carbocycles. The van der Waals surface area contributed by atoms with Crippen molar-refractivity contribution in [2.45, 2.75) is 31.4 Å². The lowest BCUT2D eigenvalue weighted by atomic mass is 9.87. The molecule has 0 radical (unpaired) electrons. The van der Waals surface area contributed by atoms with Gasteiger partial charge in [0.1, 0.15) is 11.3 Å². The average molecular weight is 408 g/mol. The molecule has 4 rings (SSSR count). The quantitative estimate of drug-likeness (QED) is 0.651. The first kappa shape index (κ1) is 19.4. The number of fused-ring (bicyclic) bond motifs is 1. The number of para-hydroxylation sites is 2. The molecular formula is C21H20N4O5. The fourth-order valence-corrected chi connectivity index (χ4v) is 3.60. The Morgan fingerprint density at radius 2 is 1.80 bits per heavy atom. The summed E-state index contributed by atoms with van der Waals surface area (Å²) in [6.07, 6.45) is -1.13. The summed E-state index contributed by atoms with van der Waals surface area (Å²) in [4.78, 5) is 50.2. The predicted octanol–water partition coefficient (Wildman–Crippen LogP) is 1.66. The number of ether oxygens (including phenoxy) is 1. The number of benzene rings is 2. The Balaban J connectivity index is 1.47. The van der Waals surface area contributed by atoms with Crippen LogP contribution in [0.5, 0.6) is 5.75 Å². The Hall–Kier alpha value is -3.88. The summed E-state index contributed by atoms with van der Waals surface area (Å²) in [6.45, 7) is 1.77. The number of imide groups is 1. The Labute approximate surface area is 172 Å². The Morgan fingerprint density at radius 3 is 2.53 bits per heavy atom. The van der Waals surface area contributed by atoms with Gasteiger partial charge in [-0.3, -0.25) is 19.8 Å². The minimum atomic E-state index is -1.26. The van der Waals surface area contributed by atoms with Crippen LogP contribution in [0.2, 0.25) is 0 Å². The molecule has 154 valence electrons. The molecule has 0 aromatic heterocycles. The van der Waals surface area contributed by atoms with Gasteiger partial charge in [-0.2, -0.15) is 5.01 Å². The molecule has 5 amide bonds. The van der Waals surface area contributed by atoms with Crippen LogP contribution < -0.4 is 20.8 Å². The largest absolute Gasteiger partial charge is 0.478 e. The number of carbonyl (C=O) groups excluding carboxylic acids is 4. The number of urea groups is 1. The summed E-state index contributed by atoms with van der Waals surface area (Å²) in [6, 6.07) is 14.9. The zero-order valence-corrected chi connectivity index (χ0v) is 16.2. The molecule has 2 aromatic rings. The number of nitrogens with one attached hydrogen (secondary N) is 3. The predicted molar refractivity (Wildman–Crippen MR) is 106 cm³/mol. The Bertz CT molecular complexity index is 1030. The second-order valence-electron chi connectivity index (χ2n) is 7.03. The molecule has 1 fully saturated rings. The van der Waals surface area contributed by atoms with Crippen molar-refractivity contribution in [3.05, 3.63) is 60.2 Å². The van der Waals surface area contributed by atoms with Crippen molar-refractivity contribution in [2.24, 2.45) is 0 Å². The minimum Gasteiger partial charge on any atom is -0.478 e. The van der Waals surface area contributed by atoms with E-state index >= 15 is 0 Å². The first-order valence-electron chi connectivity index (χ1n) is 9.53. The van der Waals surface area contributed by atoms with Gasteiger partial charge < -0.3 is 15.4 Å². The monoisotopic (exact) mass is 408 g/mol. The van der Waals surface area contributed by atoms with Crippen molar-refractivity contribution in [1.82, 2.24) is 15.8 Å². The second kappa shape index (κ2) is 7.51. The standard InChI is InChI=1S/C21H20N4O5/c1-2-21(13-8-4-3-5-9-13)19(28)25(20(29)23-21)24-17(26)12-16-18(27)22-14-10-6-7-11-15(14)30-16/h3-11,16H,2,12H2,1H3,(H,22,27)(H,23,29)(H,24,26)/t16-,21+/m1/s1. The Morgan fingerprint density at radius 1 is 1.10 bits per heavy atom. The van der Waals surface area contributed by atoms with Gasteiger partial charge in [0, 0.05) is 0 Å². The van der Waals surface area contributed by atoms with Crippen LogP contribution in [-0.2, 0) is 19.9 Å². The fourth-order valence-electron chi connectivity index (χ4n) is 3.60. The van der Waals surface area contributed by atoms with Crippen LogP contribution in [0.3, 0.4) is 0 Å². The first-order valence-corrected chi connectivity index (χ1v) is 9.53. The second-order valence-corrected chi connectivity index (χ2v) is 7.03. The van der Waals surface area contributed by atoms with Crippen molar-refractivity contribution in [3.8, 4) is 5.75 Å². The third-order valence-electron chi connectivity index (χ3n) is 5.20. The third-order valence-corrected chi connectivity index (χ3v) is 5.20. The molecule has 2 heterocycles. The summed E-state index contributed by atoms with van der Waals surface area (Å²) in [5, 5.41) is 6.00. The van der Waals surface area contributed by atoms with Crippen molar-refractivity contribution >= 4 is 29.4 Å². The van der Waals surface area contributed by atoms with Crippen LogP contribution in [0, 0.1) is 0 Å². The summed E-state index contributed by atoms with van der Waals surface area (Å²) in [5.74, 6) is -1.32. The molecule has 0 saturated carbocycles. The van der Waals surface area contributed by atoms with Crippen molar-refractivity contribution in [2.75, 3.05) is 5.32 Å². The van der Waals surface area contributed by atoms with Crippen LogP contribution in [0.4, 0.5) is 10.5 Å². The molecule has 2 atom stereocenters. The van der Waals surface area contributed by atoms with E-state index in [0.29, 0.717) is 28.4 Å². The van der Waals surface area contributed by atoms with E-state index in [1.165, 1.54) is 0 Å². The highest BCUT2D eigenvalue weighted by atomic mass is 16.5. The molecule has 0 bridgehead atoms. The van der Waals surface area contributed by atoms with Crippen molar-refractivity contribution in [1.29, 1.82) is 0 Å². The van der Waals surface area contributed by atoms with E-state index in [-0.39, 0.29) is 6.42 Å². The molecule has 2 aromatic carbocycles. The SMILES string of the molecule is CC[C@@]1(c2ccccc2)NC(=O)N(NC(=O)C[C@H]2Oc3ccccc3NC2=O)C1=O. The van der Waals surface area contributed by atoms with Gasteiger partial charge in [0.2, 0.25) is 5.91 Å². The first-order chi connectivity index (χ1) is 14.4. The number of carbonyl (C=O) groups is 4. The number of hydrogen-bond acceptors (Lipinski definition) is 5. The zero-order chi connectivity index (χ0) is 21.3. The third kappa shape index (κ3) is 3.24. The Kier molecular flexibility index (Phi) is 4.86. The van der Waals surface area contributed by atoms with E-state index in [1.807, 2.05) is 0 Å². The molecule has 9 nitrogen and oxygen atoms in total. The smallest absolute Gasteiger partial charge is 0.344 e. The highest BCUT2D eigenvalue weighted by molar-refractivity contribution is 6.08. The van der Waals surface area contributed by atoms with Gasteiger partial charge in [0.05, 0.1) is 12.1 Å². The van der Waals surface area contributed by atoms with E-state index < -0.39 is 35.4 Å². The van der Waals surface area contributed by atoms with E-state index in [4.69, 9.17) is 4.74 Å². The van der Waals surface area contributed by atoms with Crippen LogP contribution in [0.25, 0.3) is 0 Å². The summed E-state index contributed by atoms with van der Waals surface area (Å²) in [5.41, 5.74) is 2.18. The summed E-state index contributed by atoms with van der Waals surface area (Å²) >= 11 is 0. The summed E-state index contributed by atoms with van der Waals surface area (Å²) in [7, 11) is 0. The molecule has 2 aliphatic heterocycles. The molecule has 3 N–H and O–H groups in total. The van der Waals surface area contributed by atoms with Gasteiger partial charge in [-0.25, -0.2) is 4.79 Å². The zero-order valence-electron chi connectivity index (χ0n) is 16.2. The van der Waals surface area contributed by atoms with Gasteiger partial charge in [-0.05, 0) is 24.1 Å². The molecule has 0 spiro atoms. The number of hydrogen-bond donors (Lipinski definition) is 3. The number of rotatable bonds is 5. The average Bonchev–Trinajstić information content (AvgIpc) is 3.00. The maximum atomic E-state index is 13.0. The number of anilines is 1. The molecule has 0 unspecified atom stereocenters. The lowest BCUT2D eigenvalue weighted by molar-refractivity contribution is -0.140. The fraction of sp³-hybridized carbons (Fsp3) is 0.238. The van der Waals surface area contributed by atoms with Crippen LogP contribution in [0.1, 0.15) is 25.3 Å². The molecular weight excluding hydrogens is 388 g/mol.